The number of benzene rings is 2. The Kier molecular flexibility index (Phi) is 6.04. The van der Waals surface area contributed by atoms with Crippen LogP contribution in [-0.2, 0) is 6.42 Å². The minimum Gasteiger partial charge on any atom is -0.370 e. The zero-order chi connectivity index (χ0) is 19.1. The van der Waals surface area contributed by atoms with Gasteiger partial charge in [-0.15, -0.1) is 0 Å². The fourth-order valence-electron chi connectivity index (χ4n) is 2.53. The average Bonchev–Trinajstić information content (AvgIpc) is 2.69. The summed E-state index contributed by atoms with van der Waals surface area (Å²) in [5, 5.41) is 5.32. The average molecular weight is 368 g/mol. The van der Waals surface area contributed by atoms with Crippen LogP contribution in [0, 0.1) is 11.6 Å². The standard InChI is InChI=1S/C20H18F2N4O/c21-15-9-4-10-16(22)19(15)26-20(27)17-12-18(25-13-24-17)23-11-5-8-14-6-2-1-3-7-14/h1-4,6-7,9-10,12-13H,5,8,11H2,(H,26,27)(H,23,24,25). The van der Waals surface area contributed by atoms with Crippen molar-refractivity contribution in [1.82, 2.24) is 9.97 Å². The summed E-state index contributed by atoms with van der Waals surface area (Å²) in [4.78, 5) is 20.1. The van der Waals surface area contributed by atoms with Crippen LogP contribution in [-0.4, -0.2) is 22.4 Å². The summed E-state index contributed by atoms with van der Waals surface area (Å²) in [6.07, 6.45) is 3.03. The summed E-state index contributed by atoms with van der Waals surface area (Å²) >= 11 is 0. The van der Waals surface area contributed by atoms with Gasteiger partial charge >= 0.3 is 0 Å². The number of anilines is 2. The highest BCUT2D eigenvalue weighted by molar-refractivity contribution is 6.03. The second-order valence-corrected chi connectivity index (χ2v) is 5.86. The number of hydrogen-bond donors (Lipinski definition) is 2. The van der Waals surface area contributed by atoms with E-state index >= 15 is 0 Å². The van der Waals surface area contributed by atoms with Crippen LogP contribution in [0.4, 0.5) is 20.3 Å². The molecule has 3 rings (SSSR count). The summed E-state index contributed by atoms with van der Waals surface area (Å²) in [5.41, 5.74) is 0.755. The van der Waals surface area contributed by atoms with Gasteiger partial charge in [-0.05, 0) is 30.5 Å². The van der Waals surface area contributed by atoms with Crippen LogP contribution in [0.5, 0.6) is 0 Å². The van der Waals surface area contributed by atoms with Gasteiger partial charge in [-0.25, -0.2) is 18.7 Å². The van der Waals surface area contributed by atoms with Crippen LogP contribution < -0.4 is 10.6 Å². The third kappa shape index (κ3) is 5.07. The second kappa shape index (κ2) is 8.84. The maximum absolute atomic E-state index is 13.7. The topological polar surface area (TPSA) is 66.9 Å². The monoisotopic (exact) mass is 368 g/mol. The van der Waals surface area contributed by atoms with Gasteiger partial charge in [-0.1, -0.05) is 36.4 Å². The lowest BCUT2D eigenvalue weighted by molar-refractivity contribution is 0.102. The Hall–Kier alpha value is -3.35. The molecule has 0 radical (unpaired) electrons. The molecule has 27 heavy (non-hydrogen) atoms. The molecule has 0 unspecified atom stereocenters. The van der Waals surface area contributed by atoms with Crippen molar-refractivity contribution in [2.75, 3.05) is 17.2 Å². The molecule has 0 saturated carbocycles. The number of nitrogens with zero attached hydrogens (tertiary/aromatic N) is 2. The molecule has 0 bridgehead atoms. The van der Waals surface area contributed by atoms with Crippen LogP contribution in [0.2, 0.25) is 0 Å². The van der Waals surface area contributed by atoms with Gasteiger partial charge in [0.05, 0.1) is 0 Å². The molecule has 0 fully saturated rings. The fraction of sp³-hybridized carbons (Fsp3) is 0.150. The Balaban J connectivity index is 1.57. The predicted molar refractivity (Wildman–Crippen MR) is 99.6 cm³/mol. The summed E-state index contributed by atoms with van der Waals surface area (Å²) in [6.45, 7) is 0.662. The highest BCUT2D eigenvalue weighted by Crippen LogP contribution is 2.19. The van der Waals surface area contributed by atoms with Crippen LogP contribution >= 0.6 is 0 Å². The molecule has 0 aliphatic heterocycles. The molecule has 5 nitrogen and oxygen atoms in total. The molecule has 0 aliphatic rings. The van der Waals surface area contributed by atoms with Gasteiger partial charge in [-0.2, -0.15) is 0 Å². The molecule has 2 aromatic carbocycles. The minimum atomic E-state index is -0.850. The number of halogens is 2. The molecule has 7 heteroatoms. The SMILES string of the molecule is O=C(Nc1c(F)cccc1F)c1cc(NCCCc2ccccc2)ncn1. The first-order chi connectivity index (χ1) is 13.1. The molecule has 0 aliphatic carbocycles. The molecule has 3 aromatic rings. The first kappa shape index (κ1) is 18.4. The maximum atomic E-state index is 13.7. The van der Waals surface area contributed by atoms with Crippen molar-refractivity contribution in [3.05, 3.63) is 83.8 Å². The molecular weight excluding hydrogens is 350 g/mol. The molecule has 2 N–H and O–H groups in total. The smallest absolute Gasteiger partial charge is 0.274 e. The number of carbonyl (C=O) groups excluding carboxylic acids is 1. The molecule has 138 valence electrons. The third-order valence-corrected chi connectivity index (χ3v) is 3.89. The minimum absolute atomic E-state index is 0.0122. The quantitative estimate of drug-likeness (QED) is 0.618. The highest BCUT2D eigenvalue weighted by Gasteiger charge is 2.15. The Morgan fingerprint density at radius 3 is 2.44 bits per heavy atom. The van der Waals surface area contributed by atoms with Gasteiger partial charge in [0.25, 0.3) is 5.91 Å². The highest BCUT2D eigenvalue weighted by atomic mass is 19.1. The molecule has 0 atom stereocenters. The van der Waals surface area contributed by atoms with Crippen LogP contribution in [0.25, 0.3) is 0 Å². The summed E-state index contributed by atoms with van der Waals surface area (Å²) in [5.74, 6) is -1.95. The van der Waals surface area contributed by atoms with E-state index in [1.807, 2.05) is 18.2 Å². The Bertz CT molecular complexity index is 899. The maximum Gasteiger partial charge on any atom is 0.274 e. The number of aromatic nitrogens is 2. The third-order valence-electron chi connectivity index (χ3n) is 3.89. The van der Waals surface area contributed by atoms with Crippen molar-refractivity contribution in [3.8, 4) is 0 Å². The zero-order valence-corrected chi connectivity index (χ0v) is 14.5. The normalized spacial score (nSPS) is 10.4. The molecular formula is C20H18F2N4O. The van der Waals surface area contributed by atoms with Crippen molar-refractivity contribution in [2.24, 2.45) is 0 Å². The molecule has 0 saturated heterocycles. The molecule has 1 aromatic heterocycles. The van der Waals surface area contributed by atoms with Crippen molar-refractivity contribution >= 4 is 17.4 Å². The number of aryl methyl sites for hydroxylation is 1. The van der Waals surface area contributed by atoms with Gasteiger partial charge < -0.3 is 10.6 Å². The van der Waals surface area contributed by atoms with Gasteiger partial charge in [0.1, 0.15) is 35.2 Å². The zero-order valence-electron chi connectivity index (χ0n) is 14.5. The number of rotatable bonds is 7. The van der Waals surface area contributed by atoms with Crippen LogP contribution in [0.3, 0.4) is 0 Å². The van der Waals surface area contributed by atoms with E-state index in [0.717, 1.165) is 25.0 Å². The van der Waals surface area contributed by atoms with Gasteiger partial charge in [0.15, 0.2) is 0 Å². The predicted octanol–water partition coefficient (Wildman–Crippen LogP) is 4.05. The lowest BCUT2D eigenvalue weighted by Gasteiger charge is -2.09. The second-order valence-electron chi connectivity index (χ2n) is 5.86. The Morgan fingerprint density at radius 1 is 0.963 bits per heavy atom. The Labute approximate surface area is 155 Å². The van der Waals surface area contributed by atoms with E-state index in [9.17, 15) is 13.6 Å². The summed E-state index contributed by atoms with van der Waals surface area (Å²) in [7, 11) is 0. The molecule has 1 amide bonds. The number of para-hydroxylation sites is 1. The van der Waals surface area contributed by atoms with E-state index in [1.165, 1.54) is 24.0 Å². The molecule has 0 spiro atoms. The van der Waals surface area contributed by atoms with Crippen molar-refractivity contribution in [1.29, 1.82) is 0 Å². The number of amides is 1. The van der Waals surface area contributed by atoms with Crippen molar-refractivity contribution < 1.29 is 13.6 Å². The summed E-state index contributed by atoms with van der Waals surface area (Å²) < 4.78 is 27.3. The summed E-state index contributed by atoms with van der Waals surface area (Å²) in [6, 6.07) is 14.9. The van der Waals surface area contributed by atoms with Crippen molar-refractivity contribution in [2.45, 2.75) is 12.8 Å². The Morgan fingerprint density at radius 2 is 1.70 bits per heavy atom. The van der Waals surface area contributed by atoms with Gasteiger partial charge in [0.2, 0.25) is 0 Å². The first-order valence-corrected chi connectivity index (χ1v) is 8.48. The van der Waals surface area contributed by atoms with E-state index < -0.39 is 23.2 Å². The van der Waals surface area contributed by atoms with Gasteiger partial charge in [-0.3, -0.25) is 4.79 Å². The fourth-order valence-corrected chi connectivity index (χ4v) is 2.53. The van der Waals surface area contributed by atoms with Crippen LogP contribution in [0.1, 0.15) is 22.5 Å². The van der Waals surface area contributed by atoms with E-state index in [0.29, 0.717) is 12.4 Å². The first-order valence-electron chi connectivity index (χ1n) is 8.48. The van der Waals surface area contributed by atoms with E-state index in [2.05, 4.69) is 32.7 Å². The number of carbonyl (C=O) groups is 1. The van der Waals surface area contributed by atoms with Crippen molar-refractivity contribution in [3.63, 3.8) is 0 Å². The van der Waals surface area contributed by atoms with E-state index in [-0.39, 0.29) is 5.69 Å². The van der Waals surface area contributed by atoms with E-state index in [4.69, 9.17) is 0 Å². The van der Waals surface area contributed by atoms with Crippen LogP contribution in [0.15, 0.2) is 60.9 Å². The van der Waals surface area contributed by atoms with E-state index in [1.54, 1.807) is 0 Å². The van der Waals surface area contributed by atoms with Gasteiger partial charge in [0, 0.05) is 12.6 Å². The number of hydrogen-bond acceptors (Lipinski definition) is 4. The number of nitrogens with one attached hydrogen (secondary N) is 2. The lowest BCUT2D eigenvalue weighted by atomic mass is 10.1. The largest absolute Gasteiger partial charge is 0.370 e. The lowest BCUT2D eigenvalue weighted by Crippen LogP contribution is -2.16. The molecule has 1 heterocycles.